The van der Waals surface area contributed by atoms with E-state index in [1.54, 1.807) is 6.08 Å². The van der Waals surface area contributed by atoms with Gasteiger partial charge in [-0.05, 0) is 12.2 Å². The molecule has 0 saturated carbocycles. The number of primary amides is 1. The fourth-order valence-corrected chi connectivity index (χ4v) is 2.33. The van der Waals surface area contributed by atoms with E-state index in [4.69, 9.17) is 15.2 Å². The molecule has 4 atom stereocenters. The van der Waals surface area contributed by atoms with Crippen LogP contribution in [-0.4, -0.2) is 28.9 Å². The molecule has 2 heterocycles. The minimum absolute atomic E-state index is 0.0686. The van der Waals surface area contributed by atoms with Gasteiger partial charge in [0.15, 0.2) is 11.4 Å². The standard InChI is InChI=1S/C10H9NO5/c11-7(12)6-3-5-4-1-2-10(5,14)9(13)16-8(4)15-6/h1-5,8,14H,(H2,11,12)/t4-,5-,8+,10+/m1/s1. The molecule has 1 amide bonds. The summed E-state index contributed by atoms with van der Waals surface area (Å²) in [5.74, 6) is -2.36. The Hall–Kier alpha value is -1.82. The number of amides is 1. The van der Waals surface area contributed by atoms with Gasteiger partial charge in [0, 0.05) is 5.92 Å². The van der Waals surface area contributed by atoms with Gasteiger partial charge in [-0.1, -0.05) is 6.08 Å². The van der Waals surface area contributed by atoms with Gasteiger partial charge in [0.1, 0.15) is 0 Å². The molecule has 0 unspecified atom stereocenters. The zero-order chi connectivity index (χ0) is 11.5. The van der Waals surface area contributed by atoms with Crippen LogP contribution in [-0.2, 0) is 19.1 Å². The van der Waals surface area contributed by atoms with E-state index in [0.29, 0.717) is 0 Å². The van der Waals surface area contributed by atoms with Crippen molar-refractivity contribution in [2.75, 3.05) is 0 Å². The Kier molecular flexibility index (Phi) is 1.56. The Bertz CT molecular complexity index is 454. The summed E-state index contributed by atoms with van der Waals surface area (Å²) in [4.78, 5) is 22.5. The van der Waals surface area contributed by atoms with Crippen molar-refractivity contribution in [1.82, 2.24) is 0 Å². The molecule has 6 nitrogen and oxygen atoms in total. The smallest absolute Gasteiger partial charge is 0.345 e. The number of ether oxygens (including phenoxy) is 2. The van der Waals surface area contributed by atoms with Crippen molar-refractivity contribution in [2.45, 2.75) is 11.9 Å². The van der Waals surface area contributed by atoms with Crippen LogP contribution in [0.1, 0.15) is 0 Å². The molecule has 2 aliphatic heterocycles. The van der Waals surface area contributed by atoms with Gasteiger partial charge in [-0.2, -0.15) is 0 Å². The first kappa shape index (κ1) is 9.41. The summed E-state index contributed by atoms with van der Waals surface area (Å²) in [6.07, 6.45) is 3.57. The second kappa shape index (κ2) is 2.65. The Labute approximate surface area is 90.3 Å². The fraction of sp³-hybridized carbons (Fsp3) is 0.400. The number of hydrogen-bond acceptors (Lipinski definition) is 5. The van der Waals surface area contributed by atoms with Gasteiger partial charge in [-0.3, -0.25) is 4.79 Å². The number of aliphatic hydroxyl groups is 1. The maximum absolute atomic E-state index is 11.5. The number of carbonyl (C=O) groups is 2. The average molecular weight is 223 g/mol. The molecule has 4 bridgehead atoms. The number of hydrogen-bond donors (Lipinski definition) is 2. The normalized spacial score (nSPS) is 43.4. The van der Waals surface area contributed by atoms with E-state index in [0.717, 1.165) is 0 Å². The van der Waals surface area contributed by atoms with E-state index in [1.807, 2.05) is 0 Å². The maximum Gasteiger partial charge on any atom is 0.345 e. The third-order valence-corrected chi connectivity index (χ3v) is 3.18. The first-order valence-electron chi connectivity index (χ1n) is 4.83. The monoisotopic (exact) mass is 223 g/mol. The van der Waals surface area contributed by atoms with Gasteiger partial charge >= 0.3 is 5.97 Å². The molecule has 0 radical (unpaired) electrons. The molecule has 6 heteroatoms. The lowest BCUT2D eigenvalue weighted by Gasteiger charge is -2.41. The van der Waals surface area contributed by atoms with Crippen LogP contribution in [0, 0.1) is 11.8 Å². The summed E-state index contributed by atoms with van der Waals surface area (Å²) in [5.41, 5.74) is 3.40. The SMILES string of the molecule is NC(=O)C1=C[C@@H]2[C@H]3C=C[C@@]2(O)C(=O)O[C@@H]3O1. The molecule has 0 aromatic rings. The molecule has 0 spiro atoms. The van der Waals surface area contributed by atoms with Crippen molar-refractivity contribution in [3.05, 3.63) is 24.0 Å². The first-order chi connectivity index (χ1) is 7.52. The van der Waals surface area contributed by atoms with E-state index >= 15 is 0 Å². The molecule has 84 valence electrons. The average Bonchev–Trinajstić information content (AvgIpc) is 2.50. The predicted octanol–water partition coefficient (Wildman–Crippen LogP) is -1.20. The van der Waals surface area contributed by atoms with Gasteiger partial charge < -0.3 is 20.3 Å². The zero-order valence-electron chi connectivity index (χ0n) is 8.12. The van der Waals surface area contributed by atoms with Crippen LogP contribution in [0.3, 0.4) is 0 Å². The number of nitrogens with two attached hydrogens (primary N) is 1. The highest BCUT2D eigenvalue weighted by molar-refractivity contribution is 5.91. The number of rotatable bonds is 1. The van der Waals surface area contributed by atoms with Gasteiger partial charge in [-0.15, -0.1) is 0 Å². The minimum Gasteiger partial charge on any atom is -0.449 e. The van der Waals surface area contributed by atoms with Crippen LogP contribution in [0.2, 0.25) is 0 Å². The van der Waals surface area contributed by atoms with Crippen molar-refractivity contribution in [3.8, 4) is 0 Å². The summed E-state index contributed by atoms with van der Waals surface area (Å²) in [6.45, 7) is 0. The molecule has 1 aliphatic carbocycles. The summed E-state index contributed by atoms with van der Waals surface area (Å²) in [6, 6.07) is 0. The molecule has 1 fully saturated rings. The van der Waals surface area contributed by atoms with Gasteiger partial charge in [0.2, 0.25) is 0 Å². The summed E-state index contributed by atoms with van der Waals surface area (Å²) in [7, 11) is 0. The van der Waals surface area contributed by atoms with Crippen LogP contribution in [0.25, 0.3) is 0 Å². The van der Waals surface area contributed by atoms with Crippen molar-refractivity contribution in [2.24, 2.45) is 17.6 Å². The molecule has 16 heavy (non-hydrogen) atoms. The second-order valence-corrected chi connectivity index (χ2v) is 4.07. The van der Waals surface area contributed by atoms with E-state index in [9.17, 15) is 14.7 Å². The van der Waals surface area contributed by atoms with Gasteiger partial charge in [0.05, 0.1) is 5.92 Å². The highest BCUT2D eigenvalue weighted by Crippen LogP contribution is 2.47. The highest BCUT2D eigenvalue weighted by Gasteiger charge is 2.59. The molecule has 3 N–H and O–H groups in total. The summed E-state index contributed by atoms with van der Waals surface area (Å²) >= 11 is 0. The Morgan fingerprint density at radius 2 is 2.25 bits per heavy atom. The maximum atomic E-state index is 11.5. The van der Waals surface area contributed by atoms with Crippen molar-refractivity contribution < 1.29 is 24.2 Å². The molecule has 3 rings (SSSR count). The number of carbonyl (C=O) groups excluding carboxylic acids is 2. The quantitative estimate of drug-likeness (QED) is 0.430. The lowest BCUT2D eigenvalue weighted by molar-refractivity contribution is -0.224. The van der Waals surface area contributed by atoms with E-state index in [1.165, 1.54) is 12.2 Å². The van der Waals surface area contributed by atoms with Crippen molar-refractivity contribution in [1.29, 1.82) is 0 Å². The third kappa shape index (κ3) is 0.943. The van der Waals surface area contributed by atoms with E-state index in [2.05, 4.69) is 0 Å². The second-order valence-electron chi connectivity index (χ2n) is 4.07. The summed E-state index contributed by atoms with van der Waals surface area (Å²) < 4.78 is 10.1. The lowest BCUT2D eigenvalue weighted by atomic mass is 9.80. The molecular formula is C10H9NO5. The third-order valence-electron chi connectivity index (χ3n) is 3.18. The van der Waals surface area contributed by atoms with Crippen LogP contribution in [0.15, 0.2) is 24.0 Å². The topological polar surface area (TPSA) is 98.9 Å². The molecule has 0 aromatic heterocycles. The Morgan fingerprint density at radius 1 is 1.50 bits per heavy atom. The fourth-order valence-electron chi connectivity index (χ4n) is 2.33. The van der Waals surface area contributed by atoms with Crippen LogP contribution >= 0.6 is 0 Å². The van der Waals surface area contributed by atoms with Crippen LogP contribution in [0.5, 0.6) is 0 Å². The molecule has 3 aliphatic rings. The van der Waals surface area contributed by atoms with Crippen LogP contribution in [0.4, 0.5) is 0 Å². The van der Waals surface area contributed by atoms with E-state index < -0.39 is 29.7 Å². The molecule has 0 aromatic carbocycles. The van der Waals surface area contributed by atoms with Crippen LogP contribution < -0.4 is 5.73 Å². The molecular weight excluding hydrogens is 214 g/mol. The Morgan fingerprint density at radius 3 is 2.94 bits per heavy atom. The lowest BCUT2D eigenvalue weighted by Crippen LogP contribution is -2.55. The van der Waals surface area contributed by atoms with Crippen molar-refractivity contribution >= 4 is 11.9 Å². The highest BCUT2D eigenvalue weighted by atomic mass is 16.7. The summed E-state index contributed by atoms with van der Waals surface area (Å²) in [5, 5.41) is 10.1. The zero-order valence-corrected chi connectivity index (χ0v) is 8.12. The predicted molar refractivity (Wildman–Crippen MR) is 49.3 cm³/mol. The largest absolute Gasteiger partial charge is 0.449 e. The van der Waals surface area contributed by atoms with Gasteiger partial charge in [0.25, 0.3) is 12.2 Å². The first-order valence-corrected chi connectivity index (χ1v) is 4.83. The van der Waals surface area contributed by atoms with E-state index in [-0.39, 0.29) is 11.7 Å². The Balaban J connectivity index is 2.09. The van der Waals surface area contributed by atoms with Crippen molar-refractivity contribution in [3.63, 3.8) is 0 Å². The minimum atomic E-state index is -1.69. The van der Waals surface area contributed by atoms with Gasteiger partial charge in [-0.25, -0.2) is 4.79 Å². The number of esters is 1. The molecule has 1 saturated heterocycles.